The van der Waals surface area contributed by atoms with E-state index in [1.54, 1.807) is 48.5 Å². The molecule has 0 atom stereocenters. The Morgan fingerprint density at radius 1 is 1.19 bits per heavy atom. The molecule has 0 unspecified atom stereocenters. The molecule has 0 bridgehead atoms. The molecule has 8 nitrogen and oxygen atoms in total. The number of aromatic nitrogens is 4. The maximum atomic E-state index is 13.0. The van der Waals surface area contributed by atoms with Gasteiger partial charge in [-0.05, 0) is 55.5 Å². The minimum Gasteiger partial charge on any atom is -0.494 e. The van der Waals surface area contributed by atoms with Crippen molar-refractivity contribution < 1.29 is 9.53 Å². The second kappa shape index (κ2) is 9.23. The molecule has 0 saturated carbocycles. The summed E-state index contributed by atoms with van der Waals surface area (Å²) in [5.74, 6) is 0.571. The highest BCUT2D eigenvalue weighted by molar-refractivity contribution is 7.99. The Labute approximate surface area is 186 Å². The Kier molecular flexibility index (Phi) is 6.24. The number of nitrogens with one attached hydrogen (secondary N) is 2. The fraction of sp³-hybridized carbons (Fsp3) is 0.143. The van der Waals surface area contributed by atoms with Crippen molar-refractivity contribution in [2.75, 3.05) is 17.7 Å². The number of hydrogen-bond donors (Lipinski definition) is 2. The van der Waals surface area contributed by atoms with Crippen LogP contribution in [0.15, 0.2) is 64.7 Å². The fourth-order valence-electron chi connectivity index (χ4n) is 2.92. The number of anilines is 1. The highest BCUT2D eigenvalue weighted by Crippen LogP contribution is 2.22. The van der Waals surface area contributed by atoms with Gasteiger partial charge >= 0.3 is 0 Å². The van der Waals surface area contributed by atoms with Crippen LogP contribution in [0.3, 0.4) is 0 Å². The first-order valence-electron chi connectivity index (χ1n) is 9.42. The van der Waals surface area contributed by atoms with Gasteiger partial charge in [0.2, 0.25) is 5.91 Å². The lowest BCUT2D eigenvalue weighted by molar-refractivity contribution is -0.113. The minimum atomic E-state index is -0.282. The topological polar surface area (TPSA) is 102 Å². The van der Waals surface area contributed by atoms with Gasteiger partial charge in [0.1, 0.15) is 11.1 Å². The second-order valence-corrected chi connectivity index (χ2v) is 7.82. The van der Waals surface area contributed by atoms with Crippen molar-refractivity contribution in [3.8, 4) is 11.4 Å². The van der Waals surface area contributed by atoms with Gasteiger partial charge in [-0.3, -0.25) is 19.3 Å². The standard InChI is InChI=1S/C21H18ClN5O3S/c1-2-30-16-9-5-14(6-10-16)24-18(28)12-31-21-25-19-17(11-23-26-19)20(29)27(21)15-7-3-13(22)4-8-15/h3-11H,2,12H2,1H3,(H,23,26)(H,24,28). The van der Waals surface area contributed by atoms with E-state index in [1.807, 2.05) is 6.92 Å². The molecule has 0 saturated heterocycles. The third-order valence-electron chi connectivity index (χ3n) is 4.32. The van der Waals surface area contributed by atoms with Gasteiger partial charge in [-0.1, -0.05) is 23.4 Å². The van der Waals surface area contributed by atoms with Crippen LogP contribution in [0.25, 0.3) is 16.7 Å². The zero-order valence-corrected chi connectivity index (χ0v) is 18.0. The molecule has 0 fully saturated rings. The summed E-state index contributed by atoms with van der Waals surface area (Å²) in [6.45, 7) is 2.48. The van der Waals surface area contributed by atoms with Gasteiger partial charge in [0.15, 0.2) is 10.8 Å². The molecule has 2 aromatic heterocycles. The fourth-order valence-corrected chi connectivity index (χ4v) is 3.85. The van der Waals surface area contributed by atoms with Crippen molar-refractivity contribution in [3.05, 3.63) is 70.1 Å². The Morgan fingerprint density at radius 3 is 2.65 bits per heavy atom. The third-order valence-corrected chi connectivity index (χ3v) is 5.51. The molecule has 31 heavy (non-hydrogen) atoms. The van der Waals surface area contributed by atoms with Crippen LogP contribution in [0, 0.1) is 0 Å². The van der Waals surface area contributed by atoms with E-state index in [9.17, 15) is 9.59 Å². The lowest BCUT2D eigenvalue weighted by Crippen LogP contribution is -2.22. The van der Waals surface area contributed by atoms with E-state index in [4.69, 9.17) is 16.3 Å². The number of benzene rings is 2. The first-order chi connectivity index (χ1) is 15.0. The molecule has 2 heterocycles. The molecule has 0 aliphatic rings. The first kappa shape index (κ1) is 21.0. The number of carbonyl (C=O) groups excluding carboxylic acids is 1. The van der Waals surface area contributed by atoms with E-state index in [1.165, 1.54) is 10.8 Å². The number of aromatic amines is 1. The summed E-state index contributed by atoms with van der Waals surface area (Å²) in [5, 5.41) is 10.7. The molecule has 4 rings (SSSR count). The molecule has 1 amide bonds. The highest BCUT2D eigenvalue weighted by Gasteiger charge is 2.16. The average molecular weight is 456 g/mol. The van der Waals surface area contributed by atoms with E-state index in [2.05, 4.69) is 20.5 Å². The summed E-state index contributed by atoms with van der Waals surface area (Å²) < 4.78 is 6.85. The van der Waals surface area contributed by atoms with Crippen molar-refractivity contribution >= 4 is 46.0 Å². The summed E-state index contributed by atoms with van der Waals surface area (Å²) in [7, 11) is 0. The van der Waals surface area contributed by atoms with Crippen molar-refractivity contribution in [3.63, 3.8) is 0 Å². The largest absolute Gasteiger partial charge is 0.494 e. The van der Waals surface area contributed by atoms with Crippen LogP contribution in [0.2, 0.25) is 5.02 Å². The van der Waals surface area contributed by atoms with Gasteiger partial charge in [-0.25, -0.2) is 4.98 Å². The van der Waals surface area contributed by atoms with Gasteiger partial charge in [-0.15, -0.1) is 0 Å². The van der Waals surface area contributed by atoms with Crippen molar-refractivity contribution in [2.24, 2.45) is 0 Å². The number of halogens is 1. The van der Waals surface area contributed by atoms with Gasteiger partial charge < -0.3 is 10.1 Å². The molecule has 0 aliphatic carbocycles. The van der Waals surface area contributed by atoms with E-state index in [0.717, 1.165) is 17.5 Å². The molecular formula is C21H18ClN5O3S. The molecule has 0 aliphatic heterocycles. The van der Waals surface area contributed by atoms with E-state index in [0.29, 0.717) is 39.2 Å². The number of hydrogen-bond acceptors (Lipinski definition) is 6. The van der Waals surface area contributed by atoms with Gasteiger partial charge in [0.25, 0.3) is 5.56 Å². The summed E-state index contributed by atoms with van der Waals surface area (Å²) in [6, 6.07) is 13.9. The molecule has 158 valence electrons. The van der Waals surface area contributed by atoms with Crippen LogP contribution >= 0.6 is 23.4 Å². The molecule has 4 aromatic rings. The number of H-pyrrole nitrogens is 1. The quantitative estimate of drug-likeness (QED) is 0.324. The first-order valence-corrected chi connectivity index (χ1v) is 10.8. The number of thioether (sulfide) groups is 1. The van der Waals surface area contributed by atoms with Crippen LogP contribution in [0.1, 0.15) is 6.92 Å². The van der Waals surface area contributed by atoms with E-state index < -0.39 is 0 Å². The molecule has 2 aromatic carbocycles. The van der Waals surface area contributed by atoms with E-state index >= 15 is 0 Å². The van der Waals surface area contributed by atoms with Crippen LogP contribution < -0.4 is 15.6 Å². The Balaban J connectivity index is 1.56. The van der Waals surface area contributed by atoms with Crippen LogP contribution in [0.4, 0.5) is 5.69 Å². The SMILES string of the molecule is CCOc1ccc(NC(=O)CSc2nc3[nH]ncc3c(=O)n2-c2ccc(Cl)cc2)cc1. The van der Waals surface area contributed by atoms with Crippen LogP contribution in [0.5, 0.6) is 5.75 Å². The monoisotopic (exact) mass is 455 g/mol. The number of fused-ring (bicyclic) bond motifs is 1. The van der Waals surface area contributed by atoms with Crippen molar-refractivity contribution in [1.29, 1.82) is 0 Å². The Morgan fingerprint density at radius 2 is 1.94 bits per heavy atom. The summed E-state index contributed by atoms with van der Waals surface area (Å²) in [5.41, 5.74) is 1.33. The zero-order chi connectivity index (χ0) is 21.8. The number of nitrogens with zero attached hydrogens (tertiary/aromatic N) is 3. The van der Waals surface area contributed by atoms with Crippen LogP contribution in [-0.4, -0.2) is 38.0 Å². The van der Waals surface area contributed by atoms with E-state index in [-0.39, 0.29) is 17.2 Å². The van der Waals surface area contributed by atoms with Crippen LogP contribution in [-0.2, 0) is 4.79 Å². The van der Waals surface area contributed by atoms with Crippen molar-refractivity contribution in [2.45, 2.75) is 12.1 Å². The zero-order valence-electron chi connectivity index (χ0n) is 16.5. The Hall–Kier alpha value is -3.30. The number of ether oxygens (including phenoxy) is 1. The lowest BCUT2D eigenvalue weighted by atomic mass is 10.3. The van der Waals surface area contributed by atoms with Gasteiger partial charge in [0.05, 0.1) is 24.2 Å². The average Bonchev–Trinajstić information content (AvgIpc) is 3.24. The molecular weight excluding hydrogens is 438 g/mol. The predicted molar refractivity (Wildman–Crippen MR) is 121 cm³/mol. The van der Waals surface area contributed by atoms with Gasteiger partial charge in [0, 0.05) is 10.7 Å². The number of rotatable bonds is 7. The maximum Gasteiger partial charge on any atom is 0.269 e. The van der Waals surface area contributed by atoms with Crippen molar-refractivity contribution in [1.82, 2.24) is 19.7 Å². The smallest absolute Gasteiger partial charge is 0.269 e. The summed E-state index contributed by atoms with van der Waals surface area (Å²) >= 11 is 7.13. The summed E-state index contributed by atoms with van der Waals surface area (Å²) in [4.78, 5) is 30.0. The summed E-state index contributed by atoms with van der Waals surface area (Å²) in [6.07, 6.45) is 1.43. The normalized spacial score (nSPS) is 10.9. The molecule has 0 radical (unpaired) electrons. The van der Waals surface area contributed by atoms with Gasteiger partial charge in [-0.2, -0.15) is 5.10 Å². The second-order valence-electron chi connectivity index (χ2n) is 6.44. The highest BCUT2D eigenvalue weighted by atomic mass is 35.5. The number of amides is 1. The molecule has 2 N–H and O–H groups in total. The minimum absolute atomic E-state index is 0.0624. The number of carbonyl (C=O) groups is 1. The maximum absolute atomic E-state index is 13.0. The predicted octanol–water partition coefficient (Wildman–Crippen LogP) is 3.89. The Bertz CT molecular complexity index is 1270. The molecule has 0 spiro atoms. The lowest BCUT2D eigenvalue weighted by Gasteiger charge is -2.12. The molecule has 10 heteroatoms. The third kappa shape index (κ3) is 4.73.